The van der Waals surface area contributed by atoms with E-state index in [-0.39, 0.29) is 0 Å². The molecule has 0 saturated heterocycles. The Morgan fingerprint density at radius 2 is 0.737 bits per heavy atom. The Hall–Kier alpha value is -5.06. The fourth-order valence-corrected chi connectivity index (χ4v) is 4.08. The second kappa shape index (κ2) is 10.9. The van der Waals surface area contributed by atoms with E-state index >= 15 is 0 Å². The zero-order valence-electron chi connectivity index (χ0n) is 20.7. The van der Waals surface area contributed by atoms with Crippen LogP contribution in [0.4, 0.5) is 0 Å². The van der Waals surface area contributed by atoms with E-state index in [0.29, 0.717) is 26.4 Å². The van der Waals surface area contributed by atoms with Crippen molar-refractivity contribution in [1.29, 1.82) is 0 Å². The summed E-state index contributed by atoms with van der Waals surface area (Å²) in [5.41, 5.74) is 5.93. The van der Waals surface area contributed by atoms with Crippen LogP contribution in [0.15, 0.2) is 84.9 Å². The van der Waals surface area contributed by atoms with E-state index in [0.717, 1.165) is 56.4 Å². The zero-order chi connectivity index (χ0) is 25.6. The van der Waals surface area contributed by atoms with E-state index in [1.54, 1.807) is 0 Å². The fraction of sp³-hybridized carbons (Fsp3) is 0.118. The summed E-state index contributed by atoms with van der Waals surface area (Å²) in [4.78, 5) is 0. The van der Waals surface area contributed by atoms with Crippen LogP contribution < -0.4 is 18.9 Å². The van der Waals surface area contributed by atoms with Gasteiger partial charge in [0.25, 0.3) is 0 Å². The van der Waals surface area contributed by atoms with E-state index in [1.807, 2.05) is 60.7 Å². The molecule has 0 aliphatic carbocycles. The molecule has 0 amide bonds. The average molecular weight is 497 g/mol. The summed E-state index contributed by atoms with van der Waals surface area (Å²) in [5, 5.41) is 0. The van der Waals surface area contributed by atoms with Crippen LogP contribution in [0.1, 0.15) is 33.4 Å². The van der Waals surface area contributed by atoms with E-state index < -0.39 is 0 Å². The third-order valence-electron chi connectivity index (χ3n) is 6.08. The predicted molar refractivity (Wildman–Crippen MR) is 149 cm³/mol. The van der Waals surface area contributed by atoms with Gasteiger partial charge in [0.05, 0.1) is 0 Å². The second-order valence-corrected chi connectivity index (χ2v) is 8.79. The molecule has 0 spiro atoms. The summed E-state index contributed by atoms with van der Waals surface area (Å²) in [5.74, 6) is 15.9. The van der Waals surface area contributed by atoms with Crippen molar-refractivity contribution in [2.75, 3.05) is 26.4 Å². The minimum atomic E-state index is 0.569. The normalized spacial score (nSPS) is 13.2. The van der Waals surface area contributed by atoms with Gasteiger partial charge in [0, 0.05) is 22.3 Å². The van der Waals surface area contributed by atoms with Gasteiger partial charge in [0.1, 0.15) is 26.4 Å². The van der Waals surface area contributed by atoms with Crippen LogP contribution >= 0.6 is 0 Å². The molecule has 0 radical (unpaired) electrons. The first-order valence-corrected chi connectivity index (χ1v) is 12.5. The SMILES string of the molecule is C(#Cc1ccc2c(c1)OCCO2)c1ccc(C=Cc2ccc(C#Cc3ccc4c(c3)OCCO4)cc2)cc1. The Labute approximate surface area is 222 Å². The molecule has 0 aromatic heterocycles. The van der Waals surface area contributed by atoms with Crippen molar-refractivity contribution in [3.05, 3.63) is 118 Å². The molecule has 6 rings (SSSR count). The molecule has 0 N–H and O–H groups in total. The van der Waals surface area contributed by atoms with E-state index in [1.165, 1.54) is 0 Å². The van der Waals surface area contributed by atoms with Gasteiger partial charge in [-0.25, -0.2) is 0 Å². The maximum absolute atomic E-state index is 5.63. The summed E-state index contributed by atoms with van der Waals surface area (Å²) < 4.78 is 22.4. The highest BCUT2D eigenvalue weighted by Gasteiger charge is 2.11. The molecule has 0 atom stereocenters. The molecule has 4 nitrogen and oxygen atoms in total. The molecule has 4 aromatic rings. The highest BCUT2D eigenvalue weighted by molar-refractivity contribution is 5.70. The van der Waals surface area contributed by atoms with Gasteiger partial charge in [0.2, 0.25) is 0 Å². The van der Waals surface area contributed by atoms with Gasteiger partial charge in [-0.05, 0) is 71.8 Å². The molecule has 4 heteroatoms. The van der Waals surface area contributed by atoms with E-state index in [9.17, 15) is 0 Å². The third kappa shape index (κ3) is 5.67. The topological polar surface area (TPSA) is 36.9 Å². The first-order valence-electron chi connectivity index (χ1n) is 12.5. The van der Waals surface area contributed by atoms with Crippen molar-refractivity contribution in [1.82, 2.24) is 0 Å². The average Bonchev–Trinajstić information content (AvgIpc) is 2.99. The first kappa shape index (κ1) is 23.3. The van der Waals surface area contributed by atoms with Crippen molar-refractivity contribution in [2.24, 2.45) is 0 Å². The lowest BCUT2D eigenvalue weighted by molar-refractivity contribution is 0.171. The van der Waals surface area contributed by atoms with Crippen molar-refractivity contribution >= 4 is 12.2 Å². The number of fused-ring (bicyclic) bond motifs is 2. The minimum Gasteiger partial charge on any atom is -0.486 e. The Morgan fingerprint density at radius 1 is 0.395 bits per heavy atom. The Morgan fingerprint density at radius 3 is 1.16 bits per heavy atom. The number of hydrogen-bond donors (Lipinski definition) is 0. The minimum absolute atomic E-state index is 0.569. The second-order valence-electron chi connectivity index (χ2n) is 8.79. The summed E-state index contributed by atoms with van der Waals surface area (Å²) in [7, 11) is 0. The molecule has 0 unspecified atom stereocenters. The molecule has 38 heavy (non-hydrogen) atoms. The lowest BCUT2D eigenvalue weighted by atomic mass is 10.1. The molecular weight excluding hydrogens is 472 g/mol. The van der Waals surface area contributed by atoms with Gasteiger partial charge in [-0.2, -0.15) is 0 Å². The summed E-state index contributed by atoms with van der Waals surface area (Å²) in [6.45, 7) is 2.31. The van der Waals surface area contributed by atoms with Crippen molar-refractivity contribution < 1.29 is 18.9 Å². The summed E-state index contributed by atoms with van der Waals surface area (Å²) in [6, 6.07) is 28.0. The van der Waals surface area contributed by atoms with Gasteiger partial charge in [-0.15, -0.1) is 0 Å². The van der Waals surface area contributed by atoms with Crippen LogP contribution in [0.2, 0.25) is 0 Å². The third-order valence-corrected chi connectivity index (χ3v) is 6.08. The molecule has 0 saturated carbocycles. The highest BCUT2D eigenvalue weighted by Crippen LogP contribution is 2.31. The quantitative estimate of drug-likeness (QED) is 0.245. The van der Waals surface area contributed by atoms with Crippen LogP contribution in [-0.4, -0.2) is 26.4 Å². The predicted octanol–water partition coefficient (Wildman–Crippen LogP) is 6.20. The largest absolute Gasteiger partial charge is 0.486 e. The van der Waals surface area contributed by atoms with Crippen molar-refractivity contribution in [3.8, 4) is 46.7 Å². The molecule has 2 aliphatic heterocycles. The Kier molecular flexibility index (Phi) is 6.70. The lowest BCUT2D eigenvalue weighted by Gasteiger charge is -2.17. The lowest BCUT2D eigenvalue weighted by Crippen LogP contribution is -2.15. The molecule has 0 bridgehead atoms. The monoisotopic (exact) mass is 496 g/mol. The fourth-order valence-electron chi connectivity index (χ4n) is 4.08. The molecule has 2 aliphatic rings. The van der Waals surface area contributed by atoms with Crippen LogP contribution in [0.3, 0.4) is 0 Å². The maximum Gasteiger partial charge on any atom is 0.162 e. The molecule has 184 valence electrons. The summed E-state index contributed by atoms with van der Waals surface area (Å²) >= 11 is 0. The zero-order valence-corrected chi connectivity index (χ0v) is 20.7. The Bertz CT molecular complexity index is 1490. The van der Waals surface area contributed by atoms with Crippen LogP contribution in [-0.2, 0) is 0 Å². The number of rotatable bonds is 2. The molecule has 0 fully saturated rings. The highest BCUT2D eigenvalue weighted by atomic mass is 16.6. The smallest absolute Gasteiger partial charge is 0.162 e. The maximum atomic E-state index is 5.63. The molecule has 2 heterocycles. The molecule has 4 aromatic carbocycles. The van der Waals surface area contributed by atoms with Gasteiger partial charge >= 0.3 is 0 Å². The number of benzene rings is 4. The molecular formula is C34H24O4. The Balaban J connectivity index is 1.07. The van der Waals surface area contributed by atoms with Gasteiger partial charge in [-0.1, -0.05) is 60.1 Å². The number of hydrogen-bond acceptors (Lipinski definition) is 4. The van der Waals surface area contributed by atoms with Crippen LogP contribution in [0, 0.1) is 23.7 Å². The van der Waals surface area contributed by atoms with Crippen molar-refractivity contribution in [3.63, 3.8) is 0 Å². The van der Waals surface area contributed by atoms with Gasteiger partial charge < -0.3 is 18.9 Å². The van der Waals surface area contributed by atoms with Crippen LogP contribution in [0.25, 0.3) is 12.2 Å². The van der Waals surface area contributed by atoms with Crippen LogP contribution in [0.5, 0.6) is 23.0 Å². The summed E-state index contributed by atoms with van der Waals surface area (Å²) in [6.07, 6.45) is 4.18. The van der Waals surface area contributed by atoms with E-state index in [2.05, 4.69) is 60.1 Å². The number of ether oxygens (including phenoxy) is 4. The van der Waals surface area contributed by atoms with Gasteiger partial charge in [-0.3, -0.25) is 0 Å². The van der Waals surface area contributed by atoms with E-state index in [4.69, 9.17) is 18.9 Å². The standard InChI is InChI=1S/C34H24O4/c1(25-3-7-27(8-4-25)11-13-29-15-17-31-33(23-29)37-21-19-35-31)2-26-5-9-28(10-6-26)12-14-30-16-18-32-34(24-30)38-22-20-36-32/h1-10,15-18,23-24H,19-22H2. The first-order chi connectivity index (χ1) is 18.8. The van der Waals surface area contributed by atoms with Crippen molar-refractivity contribution in [2.45, 2.75) is 0 Å². The van der Waals surface area contributed by atoms with Gasteiger partial charge in [0.15, 0.2) is 23.0 Å².